The van der Waals surface area contributed by atoms with Gasteiger partial charge in [0.05, 0.1) is 0 Å². The lowest BCUT2D eigenvalue weighted by Crippen LogP contribution is -3.00. The minimum atomic E-state index is 0. The van der Waals surface area contributed by atoms with Gasteiger partial charge in [-0.15, -0.1) is 5.75 Å². The molecule has 56 valence electrons. The zero-order valence-electron chi connectivity index (χ0n) is 5.80. The SMILES string of the molecule is CCc1ccccc1[O-].[Cl-]. The summed E-state index contributed by atoms with van der Waals surface area (Å²) in [5, 5.41) is 10.9. The van der Waals surface area contributed by atoms with Gasteiger partial charge in [-0.2, -0.15) is 0 Å². The molecule has 1 nitrogen and oxygen atoms in total. The van der Waals surface area contributed by atoms with Gasteiger partial charge in [0.15, 0.2) is 0 Å². The molecule has 2 heteroatoms. The van der Waals surface area contributed by atoms with Crippen LogP contribution in [0.2, 0.25) is 0 Å². The Balaban J connectivity index is 0.000000810. The Morgan fingerprint density at radius 3 is 2.30 bits per heavy atom. The van der Waals surface area contributed by atoms with Gasteiger partial charge in [-0.05, 0) is 6.42 Å². The molecule has 0 radical (unpaired) electrons. The number of benzene rings is 1. The van der Waals surface area contributed by atoms with Crippen molar-refractivity contribution in [1.29, 1.82) is 0 Å². The molecule has 1 rings (SSSR count). The molecule has 0 N–H and O–H groups in total. The summed E-state index contributed by atoms with van der Waals surface area (Å²) in [6, 6.07) is 7.11. The van der Waals surface area contributed by atoms with Crippen LogP contribution in [-0.4, -0.2) is 0 Å². The highest BCUT2D eigenvalue weighted by Gasteiger charge is 1.84. The van der Waals surface area contributed by atoms with Gasteiger partial charge in [0.25, 0.3) is 0 Å². The maximum atomic E-state index is 10.9. The van der Waals surface area contributed by atoms with Crippen molar-refractivity contribution in [2.75, 3.05) is 0 Å². The van der Waals surface area contributed by atoms with E-state index in [1.54, 1.807) is 12.1 Å². The first-order valence-corrected chi connectivity index (χ1v) is 3.09. The summed E-state index contributed by atoms with van der Waals surface area (Å²) in [7, 11) is 0. The number of halogens is 1. The van der Waals surface area contributed by atoms with Crippen molar-refractivity contribution in [2.24, 2.45) is 0 Å². The smallest absolute Gasteiger partial charge is 0.0314 e. The van der Waals surface area contributed by atoms with Crippen molar-refractivity contribution in [2.45, 2.75) is 13.3 Å². The van der Waals surface area contributed by atoms with E-state index in [0.717, 1.165) is 12.0 Å². The average Bonchev–Trinajstić information content (AvgIpc) is 1.89. The fraction of sp³-hybridized carbons (Fsp3) is 0.250. The Hall–Kier alpha value is -0.690. The molecule has 0 saturated heterocycles. The van der Waals surface area contributed by atoms with E-state index in [1.807, 2.05) is 19.1 Å². The fourth-order valence-corrected chi connectivity index (χ4v) is 0.796. The molecule has 0 spiro atoms. The van der Waals surface area contributed by atoms with E-state index in [4.69, 9.17) is 0 Å². The molecular formula is C8H9ClO-2. The molecule has 1 aromatic carbocycles. The highest BCUT2D eigenvalue weighted by Crippen LogP contribution is 2.11. The summed E-state index contributed by atoms with van der Waals surface area (Å²) in [6.45, 7) is 1.98. The first kappa shape index (κ1) is 9.31. The minimum absolute atomic E-state index is 0. The van der Waals surface area contributed by atoms with Crippen LogP contribution in [0.5, 0.6) is 5.75 Å². The molecule has 10 heavy (non-hydrogen) atoms. The van der Waals surface area contributed by atoms with Crippen molar-refractivity contribution >= 4 is 0 Å². The van der Waals surface area contributed by atoms with E-state index in [-0.39, 0.29) is 18.2 Å². The second-order valence-corrected chi connectivity index (χ2v) is 1.96. The topological polar surface area (TPSA) is 23.1 Å². The first-order chi connectivity index (χ1) is 4.34. The summed E-state index contributed by atoms with van der Waals surface area (Å²) < 4.78 is 0. The molecule has 0 aliphatic carbocycles. The minimum Gasteiger partial charge on any atom is -1.00 e. The molecule has 0 aliphatic rings. The summed E-state index contributed by atoms with van der Waals surface area (Å²) in [5.41, 5.74) is 0.900. The lowest BCUT2D eigenvalue weighted by atomic mass is 10.1. The van der Waals surface area contributed by atoms with Crippen molar-refractivity contribution in [3.05, 3.63) is 29.8 Å². The molecule has 0 heterocycles. The summed E-state index contributed by atoms with van der Waals surface area (Å²) in [6.07, 6.45) is 0.833. The summed E-state index contributed by atoms with van der Waals surface area (Å²) >= 11 is 0. The maximum Gasteiger partial charge on any atom is -0.0314 e. The second-order valence-electron chi connectivity index (χ2n) is 1.96. The highest BCUT2D eigenvalue weighted by molar-refractivity contribution is 5.30. The predicted octanol–water partition coefficient (Wildman–Crippen LogP) is -1.67. The molecule has 0 bridgehead atoms. The normalized spacial score (nSPS) is 8.50. The Bertz CT molecular complexity index is 198. The van der Waals surface area contributed by atoms with Gasteiger partial charge in [0.1, 0.15) is 0 Å². The van der Waals surface area contributed by atoms with Crippen LogP contribution in [0.1, 0.15) is 12.5 Å². The third-order valence-corrected chi connectivity index (χ3v) is 1.35. The summed E-state index contributed by atoms with van der Waals surface area (Å²) in [4.78, 5) is 0. The Kier molecular flexibility index (Phi) is 3.89. The standard InChI is InChI=1S/C8H10O.ClH/c1-2-7-5-3-4-6-8(7)9;/h3-6,9H,2H2,1H3;1H/p-2. The Labute approximate surface area is 67.1 Å². The monoisotopic (exact) mass is 156 g/mol. The average molecular weight is 157 g/mol. The Morgan fingerprint density at radius 2 is 1.90 bits per heavy atom. The van der Waals surface area contributed by atoms with Crippen LogP contribution in [-0.2, 0) is 6.42 Å². The van der Waals surface area contributed by atoms with E-state index in [9.17, 15) is 5.11 Å². The number of aryl methyl sites for hydroxylation is 1. The molecule has 0 unspecified atom stereocenters. The van der Waals surface area contributed by atoms with Crippen LogP contribution in [0.25, 0.3) is 0 Å². The third-order valence-electron chi connectivity index (χ3n) is 1.35. The van der Waals surface area contributed by atoms with Crippen molar-refractivity contribution in [1.82, 2.24) is 0 Å². The molecule has 1 aromatic rings. The maximum absolute atomic E-state index is 10.9. The van der Waals surface area contributed by atoms with E-state index < -0.39 is 0 Å². The largest absolute Gasteiger partial charge is 1.00 e. The zero-order chi connectivity index (χ0) is 6.69. The van der Waals surface area contributed by atoms with Crippen LogP contribution >= 0.6 is 0 Å². The lowest BCUT2D eigenvalue weighted by molar-refractivity contribution is -0.269. The van der Waals surface area contributed by atoms with Gasteiger partial charge in [0, 0.05) is 0 Å². The van der Waals surface area contributed by atoms with E-state index in [0.29, 0.717) is 0 Å². The third kappa shape index (κ3) is 1.92. The fourth-order valence-electron chi connectivity index (χ4n) is 0.796. The van der Waals surface area contributed by atoms with Crippen molar-refractivity contribution < 1.29 is 17.5 Å². The molecule has 0 amide bonds. The van der Waals surface area contributed by atoms with Gasteiger partial charge >= 0.3 is 0 Å². The lowest BCUT2D eigenvalue weighted by Gasteiger charge is -2.09. The van der Waals surface area contributed by atoms with E-state index >= 15 is 0 Å². The highest BCUT2D eigenvalue weighted by atomic mass is 35.5. The number of hydrogen-bond acceptors (Lipinski definition) is 1. The van der Waals surface area contributed by atoms with Crippen LogP contribution < -0.4 is 17.5 Å². The van der Waals surface area contributed by atoms with Gasteiger partial charge < -0.3 is 17.5 Å². The number of rotatable bonds is 1. The molecule has 0 saturated carbocycles. The van der Waals surface area contributed by atoms with Crippen molar-refractivity contribution in [3.8, 4) is 5.75 Å². The molecule has 0 fully saturated rings. The molecule has 0 atom stereocenters. The van der Waals surface area contributed by atoms with Gasteiger partial charge in [0.2, 0.25) is 0 Å². The first-order valence-electron chi connectivity index (χ1n) is 3.09. The van der Waals surface area contributed by atoms with Gasteiger partial charge in [-0.3, -0.25) is 0 Å². The number of hydrogen-bond donors (Lipinski definition) is 0. The van der Waals surface area contributed by atoms with Gasteiger partial charge in [-0.25, -0.2) is 0 Å². The predicted molar refractivity (Wildman–Crippen MR) is 35.3 cm³/mol. The van der Waals surface area contributed by atoms with Crippen LogP contribution in [0.4, 0.5) is 0 Å². The van der Waals surface area contributed by atoms with Gasteiger partial charge in [-0.1, -0.05) is 36.8 Å². The molecular weight excluding hydrogens is 148 g/mol. The Morgan fingerprint density at radius 1 is 1.30 bits per heavy atom. The van der Waals surface area contributed by atoms with Crippen LogP contribution in [0, 0.1) is 0 Å². The van der Waals surface area contributed by atoms with E-state index in [2.05, 4.69) is 0 Å². The summed E-state index contributed by atoms with van der Waals surface area (Å²) in [5.74, 6) is 0.153. The second kappa shape index (κ2) is 4.18. The van der Waals surface area contributed by atoms with E-state index in [1.165, 1.54) is 0 Å². The number of para-hydroxylation sites is 1. The zero-order valence-corrected chi connectivity index (χ0v) is 6.56. The van der Waals surface area contributed by atoms with Crippen LogP contribution in [0.3, 0.4) is 0 Å². The molecule has 0 aromatic heterocycles. The van der Waals surface area contributed by atoms with Crippen molar-refractivity contribution in [3.63, 3.8) is 0 Å². The van der Waals surface area contributed by atoms with Crippen LogP contribution in [0.15, 0.2) is 24.3 Å². The quantitative estimate of drug-likeness (QED) is 0.477. The molecule has 0 aliphatic heterocycles.